The molecule has 0 saturated heterocycles. The molecule has 9 heteroatoms. The lowest BCUT2D eigenvalue weighted by Gasteiger charge is -2.33. The highest BCUT2D eigenvalue weighted by Gasteiger charge is 2.33. The van der Waals surface area contributed by atoms with E-state index in [2.05, 4.69) is 5.32 Å². The van der Waals surface area contributed by atoms with Crippen LogP contribution in [0.25, 0.3) is 0 Å². The lowest BCUT2D eigenvalue weighted by atomic mass is 10.1. The number of hydrogen-bond donors (Lipinski definition) is 1. The Morgan fingerprint density at radius 2 is 1.64 bits per heavy atom. The van der Waals surface area contributed by atoms with Gasteiger partial charge in [0, 0.05) is 27.7 Å². The highest BCUT2D eigenvalue weighted by atomic mass is 32.2. The van der Waals surface area contributed by atoms with Gasteiger partial charge in [0.05, 0.1) is 5.69 Å². The number of nitrogens with one attached hydrogen (secondary N) is 1. The second-order valence-corrected chi connectivity index (χ2v) is 10.5. The van der Waals surface area contributed by atoms with Gasteiger partial charge in [-0.1, -0.05) is 42.0 Å². The van der Waals surface area contributed by atoms with Gasteiger partial charge in [-0.3, -0.25) is 9.59 Å². The van der Waals surface area contributed by atoms with Gasteiger partial charge in [-0.2, -0.15) is 12.7 Å². The lowest BCUT2D eigenvalue weighted by Crippen LogP contribution is -2.52. The number of carbonyl (C=O) groups excluding carboxylic acids is 2. The Morgan fingerprint density at radius 1 is 1.00 bits per heavy atom. The Hall–Kier alpha value is -2.91. The normalized spacial score (nSPS) is 12.4. The number of aryl methyl sites for hydroxylation is 3. The molecule has 2 aromatic carbocycles. The molecule has 0 fully saturated rings. The minimum Gasteiger partial charge on any atom is -0.357 e. The number of likely N-dealkylation sites (N-methyl/N-ethyl adjacent to an activating group) is 1. The molecule has 0 aliphatic carbocycles. The van der Waals surface area contributed by atoms with Crippen molar-refractivity contribution in [1.29, 1.82) is 0 Å². The predicted octanol–water partition coefficient (Wildman–Crippen LogP) is 2.39. The van der Waals surface area contributed by atoms with Crippen molar-refractivity contribution in [3.8, 4) is 0 Å². The van der Waals surface area contributed by atoms with Crippen LogP contribution in [-0.4, -0.2) is 63.2 Å². The minimum absolute atomic E-state index is 0.178. The first-order valence-electron chi connectivity index (χ1n) is 10.7. The van der Waals surface area contributed by atoms with Gasteiger partial charge in [-0.05, 0) is 50.5 Å². The number of hydrogen-bond acceptors (Lipinski definition) is 4. The van der Waals surface area contributed by atoms with Crippen LogP contribution in [0.1, 0.15) is 29.2 Å². The SMILES string of the molecule is CNC(=O)[C@@H](C)N(Cc1cccc(C)c1)C(=O)CN(c1cc(C)ccc1C)S(=O)(=O)N(C)C. The van der Waals surface area contributed by atoms with Gasteiger partial charge in [-0.25, -0.2) is 4.31 Å². The smallest absolute Gasteiger partial charge is 0.304 e. The van der Waals surface area contributed by atoms with Gasteiger partial charge < -0.3 is 10.2 Å². The van der Waals surface area contributed by atoms with E-state index < -0.39 is 28.7 Å². The first-order chi connectivity index (χ1) is 15.4. The average Bonchev–Trinajstić information content (AvgIpc) is 2.76. The molecule has 0 aromatic heterocycles. The fraction of sp³-hybridized carbons (Fsp3) is 0.417. The van der Waals surface area contributed by atoms with Gasteiger partial charge >= 0.3 is 10.2 Å². The molecule has 0 saturated carbocycles. The van der Waals surface area contributed by atoms with Gasteiger partial charge in [-0.15, -0.1) is 0 Å². The minimum atomic E-state index is -3.97. The van der Waals surface area contributed by atoms with E-state index in [4.69, 9.17) is 0 Å². The highest BCUT2D eigenvalue weighted by Crippen LogP contribution is 2.26. The molecule has 1 N–H and O–H groups in total. The Labute approximate surface area is 197 Å². The van der Waals surface area contributed by atoms with Crippen molar-refractivity contribution in [1.82, 2.24) is 14.5 Å². The van der Waals surface area contributed by atoms with Crippen molar-refractivity contribution in [3.63, 3.8) is 0 Å². The topological polar surface area (TPSA) is 90.0 Å². The van der Waals surface area contributed by atoms with Crippen LogP contribution < -0.4 is 9.62 Å². The van der Waals surface area contributed by atoms with E-state index >= 15 is 0 Å². The average molecular weight is 475 g/mol. The fourth-order valence-electron chi connectivity index (χ4n) is 3.49. The Balaban J connectivity index is 2.51. The van der Waals surface area contributed by atoms with E-state index in [1.807, 2.05) is 50.2 Å². The van der Waals surface area contributed by atoms with E-state index in [0.717, 1.165) is 30.9 Å². The summed E-state index contributed by atoms with van der Waals surface area (Å²) in [6, 6.07) is 12.3. The van der Waals surface area contributed by atoms with Crippen LogP contribution in [0.2, 0.25) is 0 Å². The van der Waals surface area contributed by atoms with Crippen molar-refractivity contribution in [2.75, 3.05) is 32.0 Å². The zero-order valence-electron chi connectivity index (χ0n) is 20.4. The summed E-state index contributed by atoms with van der Waals surface area (Å²) in [6.07, 6.45) is 0. The molecule has 0 unspecified atom stereocenters. The summed E-state index contributed by atoms with van der Waals surface area (Å²) in [7, 11) is 0.387. The van der Waals surface area contributed by atoms with Crippen molar-refractivity contribution in [2.24, 2.45) is 0 Å². The lowest BCUT2D eigenvalue weighted by molar-refractivity contribution is -0.139. The third-order valence-corrected chi connectivity index (χ3v) is 7.31. The van der Waals surface area contributed by atoms with Crippen LogP contribution in [0, 0.1) is 20.8 Å². The molecular formula is C24H34N4O4S. The Kier molecular flexibility index (Phi) is 8.63. The van der Waals surface area contributed by atoms with Crippen LogP contribution in [-0.2, 0) is 26.3 Å². The summed E-state index contributed by atoms with van der Waals surface area (Å²) in [6.45, 7) is 6.99. The van der Waals surface area contributed by atoms with Crippen LogP contribution >= 0.6 is 0 Å². The molecule has 2 rings (SSSR count). The van der Waals surface area contributed by atoms with Gasteiger partial charge in [0.15, 0.2) is 0 Å². The molecule has 2 amide bonds. The van der Waals surface area contributed by atoms with Crippen LogP contribution in [0.4, 0.5) is 5.69 Å². The maximum absolute atomic E-state index is 13.6. The summed E-state index contributed by atoms with van der Waals surface area (Å²) < 4.78 is 28.6. The van der Waals surface area contributed by atoms with Crippen molar-refractivity contribution >= 4 is 27.7 Å². The molecule has 0 radical (unpaired) electrons. The summed E-state index contributed by atoms with van der Waals surface area (Å²) in [5.74, 6) is -0.802. The quantitative estimate of drug-likeness (QED) is 0.604. The third kappa shape index (κ3) is 6.33. The highest BCUT2D eigenvalue weighted by molar-refractivity contribution is 7.90. The molecule has 1 atom stereocenters. The van der Waals surface area contributed by atoms with Gasteiger partial charge in [0.25, 0.3) is 0 Å². The number of nitrogens with zero attached hydrogens (tertiary/aromatic N) is 3. The monoisotopic (exact) mass is 474 g/mol. The van der Waals surface area contributed by atoms with Crippen molar-refractivity contribution in [2.45, 2.75) is 40.3 Å². The van der Waals surface area contributed by atoms with Gasteiger partial charge in [0.1, 0.15) is 12.6 Å². The first kappa shape index (κ1) is 26.3. The molecule has 0 aliphatic rings. The van der Waals surface area contributed by atoms with E-state index in [9.17, 15) is 18.0 Å². The predicted molar refractivity (Wildman–Crippen MR) is 131 cm³/mol. The number of anilines is 1. The molecular weight excluding hydrogens is 440 g/mol. The molecule has 8 nitrogen and oxygen atoms in total. The largest absolute Gasteiger partial charge is 0.357 e. The van der Waals surface area contributed by atoms with E-state index in [-0.39, 0.29) is 12.5 Å². The Morgan fingerprint density at radius 3 is 2.21 bits per heavy atom. The number of benzene rings is 2. The molecule has 0 aliphatic heterocycles. The maximum Gasteiger partial charge on any atom is 0.304 e. The van der Waals surface area contributed by atoms with Gasteiger partial charge in [0.2, 0.25) is 11.8 Å². The zero-order chi connectivity index (χ0) is 24.9. The van der Waals surface area contributed by atoms with Crippen LogP contribution in [0.3, 0.4) is 0 Å². The number of carbonyl (C=O) groups is 2. The summed E-state index contributed by atoms with van der Waals surface area (Å²) in [5, 5.41) is 2.57. The number of rotatable bonds is 9. The standard InChI is InChI=1S/C24H34N4O4S/c1-17-9-8-10-21(13-17)15-27(20(4)24(30)25-5)23(29)16-28(33(31,32)26(6)7)22-14-18(2)11-12-19(22)3/h8-14,20H,15-16H2,1-7H3,(H,25,30)/t20-/m1/s1. The van der Waals surface area contributed by atoms with Crippen molar-refractivity contribution < 1.29 is 18.0 Å². The fourth-order valence-corrected chi connectivity index (χ4v) is 4.60. The second kappa shape index (κ2) is 10.8. The summed E-state index contributed by atoms with van der Waals surface area (Å²) in [5.41, 5.74) is 3.91. The van der Waals surface area contributed by atoms with Crippen molar-refractivity contribution in [3.05, 3.63) is 64.7 Å². The molecule has 0 spiro atoms. The molecule has 2 aromatic rings. The summed E-state index contributed by atoms with van der Waals surface area (Å²) in [4.78, 5) is 27.4. The molecule has 0 heterocycles. The maximum atomic E-state index is 13.6. The first-order valence-corrected chi connectivity index (χ1v) is 12.1. The second-order valence-electron chi connectivity index (χ2n) is 8.39. The van der Waals surface area contributed by atoms with E-state index in [1.165, 1.54) is 26.0 Å². The molecule has 33 heavy (non-hydrogen) atoms. The molecule has 180 valence electrons. The van der Waals surface area contributed by atoms with Crippen LogP contribution in [0.5, 0.6) is 0 Å². The van der Waals surface area contributed by atoms with E-state index in [0.29, 0.717) is 5.69 Å². The van der Waals surface area contributed by atoms with Crippen LogP contribution in [0.15, 0.2) is 42.5 Å². The zero-order valence-corrected chi connectivity index (χ0v) is 21.2. The third-order valence-electron chi connectivity index (χ3n) is 5.50. The number of amides is 2. The van der Waals surface area contributed by atoms with E-state index in [1.54, 1.807) is 19.9 Å². The molecule has 0 bridgehead atoms. The Bertz CT molecular complexity index is 1120. The summed E-state index contributed by atoms with van der Waals surface area (Å²) >= 11 is 0.